The third kappa shape index (κ3) is 3.31. The van der Waals surface area contributed by atoms with Crippen molar-refractivity contribution in [3.05, 3.63) is 11.1 Å². The van der Waals surface area contributed by atoms with Gasteiger partial charge in [-0.15, -0.1) is 12.4 Å². The number of allylic oxidation sites excluding steroid dienone is 1. The van der Waals surface area contributed by atoms with Gasteiger partial charge in [-0.2, -0.15) is 0 Å². The van der Waals surface area contributed by atoms with Crippen molar-refractivity contribution in [2.75, 3.05) is 32.7 Å². The van der Waals surface area contributed by atoms with E-state index in [-0.39, 0.29) is 23.8 Å². The number of ether oxygens (including phenoxy) is 1. The summed E-state index contributed by atoms with van der Waals surface area (Å²) in [5.74, 6) is -0.871. The predicted molar refractivity (Wildman–Crippen MR) is 105 cm³/mol. The number of halogens is 1. The van der Waals surface area contributed by atoms with Gasteiger partial charge in [-0.05, 0) is 50.0 Å². The minimum absolute atomic E-state index is 0. The topological polar surface area (TPSA) is 90.3 Å². The minimum Gasteiger partial charge on any atom is -0.465 e. The largest absolute Gasteiger partial charge is 0.465 e. The zero-order valence-corrected chi connectivity index (χ0v) is 17.5. The highest BCUT2D eigenvalue weighted by Gasteiger charge is 2.63. The van der Waals surface area contributed by atoms with E-state index >= 15 is 0 Å². The lowest BCUT2D eigenvalue weighted by molar-refractivity contribution is -0.144. The third-order valence-electron chi connectivity index (χ3n) is 7.39. The Kier molecular flexibility index (Phi) is 5.73. The number of amides is 1. The summed E-state index contributed by atoms with van der Waals surface area (Å²) < 4.78 is 5.81. The summed E-state index contributed by atoms with van der Waals surface area (Å²) in [6.07, 6.45) is 3.29. The molecule has 2 aliphatic heterocycles. The smallest absolute Gasteiger partial charge is 0.407 e. The molecule has 1 saturated carbocycles. The Labute approximate surface area is 172 Å². The summed E-state index contributed by atoms with van der Waals surface area (Å²) in [5, 5.41) is 20.7. The Bertz CT molecular complexity index is 690. The second-order valence-corrected chi connectivity index (χ2v) is 9.04. The first-order valence-electron chi connectivity index (χ1n) is 10.1. The second-order valence-electron chi connectivity index (χ2n) is 9.04. The van der Waals surface area contributed by atoms with Crippen LogP contribution < -0.4 is 0 Å². The third-order valence-corrected chi connectivity index (χ3v) is 7.39. The van der Waals surface area contributed by atoms with Crippen LogP contribution in [0.4, 0.5) is 4.79 Å². The van der Waals surface area contributed by atoms with Gasteiger partial charge in [-0.1, -0.05) is 12.5 Å². The van der Waals surface area contributed by atoms with Gasteiger partial charge in [0.05, 0.1) is 0 Å². The Balaban J connectivity index is 0.00000225. The van der Waals surface area contributed by atoms with E-state index in [1.807, 2.05) is 0 Å². The maximum absolute atomic E-state index is 12.7. The van der Waals surface area contributed by atoms with Gasteiger partial charge < -0.3 is 19.8 Å². The molecule has 8 heteroatoms. The Morgan fingerprint density at radius 3 is 2.54 bits per heavy atom. The van der Waals surface area contributed by atoms with Gasteiger partial charge in [0.1, 0.15) is 11.5 Å². The van der Waals surface area contributed by atoms with E-state index in [1.165, 1.54) is 10.5 Å². The van der Waals surface area contributed by atoms with Gasteiger partial charge in [0.25, 0.3) is 0 Å². The van der Waals surface area contributed by atoms with E-state index in [9.17, 15) is 14.7 Å². The number of aliphatic hydroxyl groups is 1. The summed E-state index contributed by atoms with van der Waals surface area (Å²) >= 11 is 0. The van der Waals surface area contributed by atoms with Gasteiger partial charge in [0, 0.05) is 32.7 Å². The van der Waals surface area contributed by atoms with Gasteiger partial charge in [0.15, 0.2) is 6.10 Å². The number of carbonyl (C=O) groups excluding carboxylic acids is 1. The zero-order chi connectivity index (χ0) is 19.4. The minimum atomic E-state index is -1.14. The Morgan fingerprint density at radius 1 is 1.21 bits per heavy atom. The molecule has 2 heterocycles. The normalized spacial score (nSPS) is 38.4. The molecule has 0 aromatic carbocycles. The molecule has 2 unspecified atom stereocenters. The molecule has 0 bridgehead atoms. The standard InChI is InChI=1S/C20H30N2O5.ClH/c1-13-4-3-5-19(2)6-7-20(26)14(17(23)27-16(20)15(13)19)12-21-8-10-22(11-9-21)18(24)25;/h14,16,26H,3-12H2,1-2H3,(H,24,25);1H/t14?,16-,19+,20?;/m0./s1. The predicted octanol–water partition coefficient (Wildman–Crippen LogP) is 2.28. The average molecular weight is 415 g/mol. The number of esters is 1. The van der Waals surface area contributed by atoms with E-state index in [2.05, 4.69) is 18.7 Å². The van der Waals surface area contributed by atoms with Crippen LogP contribution in [0.25, 0.3) is 0 Å². The van der Waals surface area contributed by atoms with Crippen LogP contribution in [0.15, 0.2) is 11.1 Å². The number of fused-ring (bicyclic) bond motifs is 3. The lowest BCUT2D eigenvalue weighted by Crippen LogP contribution is -2.57. The maximum Gasteiger partial charge on any atom is 0.407 e. The summed E-state index contributed by atoms with van der Waals surface area (Å²) in [5.41, 5.74) is 1.32. The van der Waals surface area contributed by atoms with Crippen molar-refractivity contribution in [2.45, 2.75) is 57.7 Å². The number of rotatable bonds is 2. The molecule has 2 saturated heterocycles. The highest BCUT2D eigenvalue weighted by Crippen LogP contribution is 2.57. The molecule has 28 heavy (non-hydrogen) atoms. The zero-order valence-electron chi connectivity index (χ0n) is 16.6. The van der Waals surface area contributed by atoms with Crippen LogP contribution in [0, 0.1) is 11.3 Å². The van der Waals surface area contributed by atoms with Gasteiger partial charge in [-0.3, -0.25) is 9.69 Å². The van der Waals surface area contributed by atoms with Crippen molar-refractivity contribution in [1.82, 2.24) is 9.80 Å². The van der Waals surface area contributed by atoms with Crippen molar-refractivity contribution in [3.8, 4) is 0 Å². The van der Waals surface area contributed by atoms with Crippen molar-refractivity contribution in [3.63, 3.8) is 0 Å². The molecule has 4 rings (SSSR count). The van der Waals surface area contributed by atoms with Crippen LogP contribution in [0.5, 0.6) is 0 Å². The van der Waals surface area contributed by atoms with E-state index in [4.69, 9.17) is 9.84 Å². The SMILES string of the molecule is CC1=C2[C@@H]3OC(=O)C(CN4CCN(C(=O)O)CC4)C3(O)CC[C@@]2(C)CCC1.Cl. The fraction of sp³-hybridized carbons (Fsp3) is 0.800. The van der Waals surface area contributed by atoms with Crippen LogP contribution in [0.3, 0.4) is 0 Å². The molecule has 0 aromatic heterocycles. The number of carbonyl (C=O) groups is 2. The summed E-state index contributed by atoms with van der Waals surface area (Å²) in [6, 6.07) is 0. The average Bonchev–Trinajstić information content (AvgIpc) is 2.86. The molecule has 7 nitrogen and oxygen atoms in total. The van der Waals surface area contributed by atoms with Crippen LogP contribution in [0.1, 0.15) is 46.0 Å². The first kappa shape index (κ1) is 21.4. The molecule has 0 spiro atoms. The molecule has 4 aliphatic rings. The number of carboxylic acid groups (broad SMARTS) is 1. The van der Waals surface area contributed by atoms with Crippen LogP contribution in [0.2, 0.25) is 0 Å². The van der Waals surface area contributed by atoms with Crippen LogP contribution in [-0.4, -0.2) is 76.5 Å². The van der Waals surface area contributed by atoms with Crippen molar-refractivity contribution in [2.24, 2.45) is 11.3 Å². The van der Waals surface area contributed by atoms with Gasteiger partial charge in [-0.25, -0.2) is 4.79 Å². The molecule has 3 fully saturated rings. The molecular formula is C20H31ClN2O5. The Hall–Kier alpha value is -1.31. The van der Waals surface area contributed by atoms with Crippen LogP contribution >= 0.6 is 12.4 Å². The fourth-order valence-electron chi connectivity index (χ4n) is 5.72. The van der Waals surface area contributed by atoms with E-state index < -0.39 is 23.7 Å². The first-order chi connectivity index (χ1) is 12.7. The molecular weight excluding hydrogens is 384 g/mol. The van der Waals surface area contributed by atoms with Crippen LogP contribution in [-0.2, 0) is 9.53 Å². The fourth-order valence-corrected chi connectivity index (χ4v) is 5.72. The van der Waals surface area contributed by atoms with Crippen molar-refractivity contribution in [1.29, 1.82) is 0 Å². The second kappa shape index (κ2) is 7.50. The molecule has 0 radical (unpaired) electrons. The molecule has 2 N–H and O–H groups in total. The highest BCUT2D eigenvalue weighted by atomic mass is 35.5. The monoisotopic (exact) mass is 414 g/mol. The molecule has 4 atom stereocenters. The molecule has 1 amide bonds. The summed E-state index contributed by atoms with van der Waals surface area (Å²) in [6.45, 7) is 6.82. The lowest BCUT2D eigenvalue weighted by atomic mass is 9.58. The molecule has 2 aliphatic carbocycles. The molecule has 0 aromatic rings. The summed E-state index contributed by atoms with van der Waals surface area (Å²) in [4.78, 5) is 27.3. The number of hydrogen-bond acceptors (Lipinski definition) is 5. The summed E-state index contributed by atoms with van der Waals surface area (Å²) in [7, 11) is 0. The van der Waals surface area contributed by atoms with Crippen molar-refractivity contribution >= 4 is 24.5 Å². The lowest BCUT2D eigenvalue weighted by Gasteiger charge is -2.49. The number of hydrogen-bond donors (Lipinski definition) is 2. The highest BCUT2D eigenvalue weighted by molar-refractivity contribution is 5.85. The molecule has 158 valence electrons. The number of nitrogens with zero attached hydrogens (tertiary/aromatic N) is 2. The number of piperazine rings is 1. The van der Waals surface area contributed by atoms with E-state index in [1.54, 1.807) is 0 Å². The van der Waals surface area contributed by atoms with Gasteiger partial charge in [0.2, 0.25) is 0 Å². The van der Waals surface area contributed by atoms with E-state index in [0.29, 0.717) is 39.1 Å². The Morgan fingerprint density at radius 2 is 1.89 bits per heavy atom. The van der Waals surface area contributed by atoms with E-state index in [0.717, 1.165) is 31.3 Å². The quantitative estimate of drug-likeness (QED) is 0.532. The first-order valence-corrected chi connectivity index (χ1v) is 10.1. The maximum atomic E-state index is 12.7. The van der Waals surface area contributed by atoms with Gasteiger partial charge >= 0.3 is 12.1 Å². The van der Waals surface area contributed by atoms with Crippen molar-refractivity contribution < 1.29 is 24.5 Å².